The van der Waals surface area contributed by atoms with Gasteiger partial charge in [-0.3, -0.25) is 19.5 Å². The largest absolute Gasteiger partial charge is 0.390 e. The van der Waals surface area contributed by atoms with Crippen LogP contribution in [0.15, 0.2) is 30.6 Å². The lowest BCUT2D eigenvalue weighted by Gasteiger charge is -2.34. The van der Waals surface area contributed by atoms with Crippen molar-refractivity contribution >= 4 is 39.9 Å². The molecule has 4 rings (SSSR count). The summed E-state index contributed by atoms with van der Waals surface area (Å²) in [6.07, 6.45) is -2.51. The van der Waals surface area contributed by atoms with Crippen molar-refractivity contribution in [1.82, 2.24) is 24.1 Å². The van der Waals surface area contributed by atoms with Gasteiger partial charge in [-0.1, -0.05) is 0 Å². The molecule has 1 aliphatic rings. The van der Waals surface area contributed by atoms with E-state index in [1.165, 1.54) is 23.4 Å². The monoisotopic (exact) mass is 555 g/mol. The molecule has 1 aromatic carbocycles. The maximum Gasteiger partial charge on any atom is 0.390 e. The van der Waals surface area contributed by atoms with Crippen molar-refractivity contribution in [2.75, 3.05) is 43.4 Å². The van der Waals surface area contributed by atoms with E-state index in [4.69, 9.17) is 0 Å². The number of hydrogen-bond donors (Lipinski definition) is 2. The van der Waals surface area contributed by atoms with Crippen LogP contribution in [0.25, 0.3) is 0 Å². The average molecular weight is 556 g/mol. The lowest BCUT2D eigenvalue weighted by Crippen LogP contribution is -2.49. The normalized spacial score (nSPS) is 14.4. The summed E-state index contributed by atoms with van der Waals surface area (Å²) in [5.74, 6) is -3.04. The minimum absolute atomic E-state index is 0.0211. The molecule has 0 atom stereocenters. The predicted octanol–water partition coefficient (Wildman–Crippen LogP) is 4.23. The van der Waals surface area contributed by atoms with Crippen LogP contribution in [-0.4, -0.2) is 74.9 Å². The van der Waals surface area contributed by atoms with Crippen LogP contribution in [-0.2, 0) is 0 Å². The van der Waals surface area contributed by atoms with Crippen LogP contribution in [0.3, 0.4) is 0 Å². The second kappa shape index (κ2) is 11.3. The SMILES string of the molecule is Cc1nsc(Nc2cncc(C(=O)N3CCN(CCC(F)(F)F)CC3)n2)c1C(=O)Nc1ccc(F)c(F)c1. The molecule has 9 nitrogen and oxygen atoms in total. The summed E-state index contributed by atoms with van der Waals surface area (Å²) in [7, 11) is 0. The van der Waals surface area contributed by atoms with Crippen LogP contribution in [0.5, 0.6) is 0 Å². The Hall–Kier alpha value is -3.72. The van der Waals surface area contributed by atoms with Gasteiger partial charge >= 0.3 is 6.18 Å². The molecule has 1 saturated heterocycles. The molecule has 3 heterocycles. The van der Waals surface area contributed by atoms with Gasteiger partial charge in [0.15, 0.2) is 11.6 Å². The fourth-order valence-electron chi connectivity index (χ4n) is 3.76. The summed E-state index contributed by atoms with van der Waals surface area (Å²) in [5, 5.41) is 5.70. The molecule has 2 amide bonds. The van der Waals surface area contributed by atoms with Gasteiger partial charge in [0, 0.05) is 44.5 Å². The molecule has 2 N–H and O–H groups in total. The van der Waals surface area contributed by atoms with Gasteiger partial charge in [-0.25, -0.2) is 13.8 Å². The predicted molar refractivity (Wildman–Crippen MR) is 129 cm³/mol. The number of rotatable bonds is 7. The lowest BCUT2D eigenvalue weighted by atomic mass is 10.2. The van der Waals surface area contributed by atoms with Crippen LogP contribution in [0.2, 0.25) is 0 Å². The number of carbonyl (C=O) groups excluding carboxylic acids is 2. The van der Waals surface area contributed by atoms with Gasteiger partial charge in [0.1, 0.15) is 16.5 Å². The molecular weight excluding hydrogens is 533 g/mol. The van der Waals surface area contributed by atoms with E-state index in [1.807, 2.05) is 0 Å². The Labute approximate surface area is 217 Å². The molecule has 0 saturated carbocycles. The highest BCUT2D eigenvalue weighted by Crippen LogP contribution is 2.28. The number of hydrogen-bond acceptors (Lipinski definition) is 8. The van der Waals surface area contributed by atoms with E-state index in [9.17, 15) is 31.5 Å². The van der Waals surface area contributed by atoms with Crippen molar-refractivity contribution in [3.05, 3.63) is 59.2 Å². The first-order chi connectivity index (χ1) is 18.0. The molecule has 1 aliphatic heterocycles. The minimum Gasteiger partial charge on any atom is -0.335 e. The third-order valence-electron chi connectivity index (χ3n) is 5.73. The van der Waals surface area contributed by atoms with Crippen molar-refractivity contribution in [2.24, 2.45) is 0 Å². The van der Waals surface area contributed by atoms with Crippen molar-refractivity contribution < 1.29 is 31.5 Å². The molecule has 3 aromatic rings. The van der Waals surface area contributed by atoms with E-state index < -0.39 is 36.0 Å². The molecule has 0 aliphatic carbocycles. The molecule has 0 bridgehead atoms. The van der Waals surface area contributed by atoms with Gasteiger partial charge in [-0.15, -0.1) is 0 Å². The van der Waals surface area contributed by atoms with E-state index in [-0.39, 0.29) is 42.4 Å². The first-order valence-electron chi connectivity index (χ1n) is 11.4. The molecular formula is C23H22F5N7O2S. The molecule has 0 unspecified atom stereocenters. The highest BCUT2D eigenvalue weighted by atomic mass is 32.1. The van der Waals surface area contributed by atoms with Crippen LogP contribution in [0, 0.1) is 18.6 Å². The second-order valence-corrected chi connectivity index (χ2v) is 9.24. The summed E-state index contributed by atoms with van der Waals surface area (Å²) in [6.45, 7) is 2.59. The fourth-order valence-corrected chi connectivity index (χ4v) is 4.56. The summed E-state index contributed by atoms with van der Waals surface area (Å²) >= 11 is 0.960. The van der Waals surface area contributed by atoms with Gasteiger partial charge in [-0.05, 0) is 30.6 Å². The highest BCUT2D eigenvalue weighted by molar-refractivity contribution is 7.10. The number of alkyl halides is 3. The van der Waals surface area contributed by atoms with Gasteiger partial charge in [0.2, 0.25) is 0 Å². The number of nitrogens with zero attached hydrogens (tertiary/aromatic N) is 5. The maximum absolute atomic E-state index is 13.5. The Kier molecular flexibility index (Phi) is 8.16. The van der Waals surface area contributed by atoms with Crippen molar-refractivity contribution in [2.45, 2.75) is 19.5 Å². The molecule has 38 heavy (non-hydrogen) atoms. The number of aryl methyl sites for hydroxylation is 1. The number of halogens is 5. The number of benzene rings is 1. The Morgan fingerprint density at radius 2 is 1.82 bits per heavy atom. The quantitative estimate of drug-likeness (QED) is 0.421. The topological polar surface area (TPSA) is 103 Å². The van der Waals surface area contributed by atoms with Crippen LogP contribution >= 0.6 is 11.5 Å². The fraction of sp³-hybridized carbons (Fsp3) is 0.348. The standard InChI is InChI=1S/C23H22F5N7O2S/c1-13-19(20(36)30-14-2-3-15(24)16(25)10-14)21(38-33-13)32-18-12-29-11-17(31-18)22(37)35-8-6-34(7-9-35)5-4-23(26,27)28/h2-3,10-12H,4-9H2,1H3,(H,30,36)(H,31,32). The van der Waals surface area contributed by atoms with Gasteiger partial charge < -0.3 is 15.5 Å². The second-order valence-electron chi connectivity index (χ2n) is 8.47. The number of aromatic nitrogens is 3. The lowest BCUT2D eigenvalue weighted by molar-refractivity contribution is -0.138. The Bertz CT molecular complexity index is 1330. The van der Waals surface area contributed by atoms with E-state index >= 15 is 0 Å². The van der Waals surface area contributed by atoms with E-state index in [0.717, 1.165) is 23.7 Å². The Morgan fingerprint density at radius 1 is 1.08 bits per heavy atom. The molecule has 1 fully saturated rings. The van der Waals surface area contributed by atoms with Crippen LogP contribution < -0.4 is 10.6 Å². The number of piperazine rings is 1. The number of amides is 2. The first-order valence-corrected chi connectivity index (χ1v) is 12.2. The first kappa shape index (κ1) is 27.3. The average Bonchev–Trinajstić information content (AvgIpc) is 3.24. The van der Waals surface area contributed by atoms with Gasteiger partial charge in [0.05, 0.1) is 30.1 Å². The number of anilines is 3. The molecule has 2 aromatic heterocycles. The zero-order valence-corrected chi connectivity index (χ0v) is 20.8. The van der Waals surface area contributed by atoms with Crippen molar-refractivity contribution in [1.29, 1.82) is 0 Å². The number of nitrogens with one attached hydrogen (secondary N) is 2. The van der Waals surface area contributed by atoms with Crippen molar-refractivity contribution in [3.8, 4) is 0 Å². The minimum atomic E-state index is -4.23. The third-order valence-corrected chi connectivity index (χ3v) is 6.59. The smallest absolute Gasteiger partial charge is 0.335 e. The summed E-state index contributed by atoms with van der Waals surface area (Å²) in [6, 6.07) is 2.96. The van der Waals surface area contributed by atoms with Crippen LogP contribution in [0.1, 0.15) is 33.0 Å². The Morgan fingerprint density at radius 3 is 2.50 bits per heavy atom. The molecule has 202 valence electrons. The van der Waals surface area contributed by atoms with Gasteiger partial charge in [0.25, 0.3) is 11.8 Å². The molecule has 0 spiro atoms. The summed E-state index contributed by atoms with van der Waals surface area (Å²) < 4.78 is 68.3. The van der Waals surface area contributed by atoms with E-state index in [1.54, 1.807) is 11.8 Å². The molecule has 15 heteroatoms. The summed E-state index contributed by atoms with van der Waals surface area (Å²) in [4.78, 5) is 37.2. The number of carbonyl (C=O) groups is 2. The maximum atomic E-state index is 13.5. The van der Waals surface area contributed by atoms with E-state index in [2.05, 4.69) is 25.0 Å². The van der Waals surface area contributed by atoms with Crippen LogP contribution in [0.4, 0.5) is 38.5 Å². The third kappa shape index (κ3) is 6.77. The highest BCUT2D eigenvalue weighted by Gasteiger charge is 2.30. The van der Waals surface area contributed by atoms with Crippen molar-refractivity contribution in [3.63, 3.8) is 0 Å². The van der Waals surface area contributed by atoms with E-state index in [0.29, 0.717) is 23.8 Å². The Balaban J connectivity index is 1.41. The zero-order chi connectivity index (χ0) is 27.4. The molecule has 0 radical (unpaired) electrons. The zero-order valence-electron chi connectivity index (χ0n) is 20.0. The van der Waals surface area contributed by atoms with Gasteiger partial charge in [-0.2, -0.15) is 17.5 Å². The summed E-state index contributed by atoms with van der Waals surface area (Å²) in [5.41, 5.74) is 0.596.